The highest BCUT2D eigenvalue weighted by atomic mass is 16.6. The second-order valence-electron chi connectivity index (χ2n) is 6.04. The highest BCUT2D eigenvalue weighted by Crippen LogP contribution is 2.29. The van der Waals surface area contributed by atoms with Crippen LogP contribution < -0.4 is 10.6 Å². The van der Waals surface area contributed by atoms with Gasteiger partial charge in [0.25, 0.3) is 0 Å². The first-order chi connectivity index (χ1) is 9.25. The van der Waals surface area contributed by atoms with E-state index in [0.717, 1.165) is 0 Å². The molecular formula is C14H21N3O3. The van der Waals surface area contributed by atoms with Gasteiger partial charge in [0.15, 0.2) is 5.54 Å². The molecule has 2 unspecified atom stereocenters. The molecule has 1 fully saturated rings. The minimum atomic E-state index is -1.23. The molecule has 1 aromatic rings. The smallest absolute Gasteiger partial charge is 0.340 e. The quantitative estimate of drug-likeness (QED) is 0.694. The molecule has 20 heavy (non-hydrogen) atoms. The van der Waals surface area contributed by atoms with E-state index in [-0.39, 0.29) is 18.5 Å². The molecule has 2 heterocycles. The van der Waals surface area contributed by atoms with E-state index in [1.165, 1.54) is 0 Å². The standard InChI is InChI=1S/C14H21N3O3/c1-9-14(10-6-5-7-15-10,17-11(18)8-16-9)12(19)20-13(2,3)4/h5-7,9,15-16H,8H2,1-4H3,(H,17,18). The number of aromatic amines is 1. The zero-order chi connectivity index (χ0) is 15.0. The number of H-pyrrole nitrogens is 1. The normalized spacial score (nSPS) is 27.0. The van der Waals surface area contributed by atoms with Crippen molar-refractivity contribution in [3.8, 4) is 0 Å². The molecule has 0 radical (unpaired) electrons. The van der Waals surface area contributed by atoms with Gasteiger partial charge in [-0.3, -0.25) is 4.79 Å². The first-order valence-electron chi connectivity index (χ1n) is 6.67. The Balaban J connectivity index is 2.44. The molecule has 0 spiro atoms. The van der Waals surface area contributed by atoms with Crippen LogP contribution in [0.2, 0.25) is 0 Å². The maximum atomic E-state index is 12.7. The highest BCUT2D eigenvalue weighted by Gasteiger charge is 2.52. The van der Waals surface area contributed by atoms with E-state index in [1.807, 2.05) is 6.92 Å². The number of piperazine rings is 1. The Labute approximate surface area is 118 Å². The molecule has 2 atom stereocenters. The first-order valence-corrected chi connectivity index (χ1v) is 6.67. The van der Waals surface area contributed by atoms with Crippen LogP contribution in [0.4, 0.5) is 0 Å². The maximum Gasteiger partial charge on any atom is 0.340 e. The molecule has 1 aliphatic heterocycles. The lowest BCUT2D eigenvalue weighted by Crippen LogP contribution is -2.69. The van der Waals surface area contributed by atoms with Crippen LogP contribution in [0.15, 0.2) is 18.3 Å². The van der Waals surface area contributed by atoms with Crippen LogP contribution in [0.25, 0.3) is 0 Å². The SMILES string of the molecule is CC1NCC(=O)NC1(C(=O)OC(C)(C)C)c1ccc[nH]1. The molecule has 1 aliphatic rings. The van der Waals surface area contributed by atoms with Gasteiger partial charge in [0.05, 0.1) is 12.2 Å². The van der Waals surface area contributed by atoms with Crippen LogP contribution in [0.1, 0.15) is 33.4 Å². The van der Waals surface area contributed by atoms with Gasteiger partial charge in [-0.15, -0.1) is 0 Å². The Hall–Kier alpha value is -1.82. The molecule has 6 heteroatoms. The number of carbonyl (C=O) groups is 2. The van der Waals surface area contributed by atoms with E-state index in [4.69, 9.17) is 4.74 Å². The summed E-state index contributed by atoms with van der Waals surface area (Å²) in [5.41, 5.74) is -1.25. The van der Waals surface area contributed by atoms with Crippen molar-refractivity contribution in [3.05, 3.63) is 24.0 Å². The molecule has 1 aromatic heterocycles. The average Bonchev–Trinajstić information content (AvgIpc) is 2.83. The Morgan fingerprint density at radius 1 is 1.45 bits per heavy atom. The molecule has 2 rings (SSSR count). The fraction of sp³-hybridized carbons (Fsp3) is 0.571. The van der Waals surface area contributed by atoms with Gasteiger partial charge in [-0.2, -0.15) is 0 Å². The molecule has 0 aliphatic carbocycles. The lowest BCUT2D eigenvalue weighted by atomic mass is 9.85. The topological polar surface area (TPSA) is 83.2 Å². The van der Waals surface area contributed by atoms with Crippen molar-refractivity contribution in [1.29, 1.82) is 0 Å². The minimum Gasteiger partial charge on any atom is -0.458 e. The van der Waals surface area contributed by atoms with Crippen LogP contribution in [-0.4, -0.2) is 35.0 Å². The Morgan fingerprint density at radius 3 is 2.70 bits per heavy atom. The van der Waals surface area contributed by atoms with Crippen LogP contribution in [0.5, 0.6) is 0 Å². The summed E-state index contributed by atoms with van der Waals surface area (Å²) in [7, 11) is 0. The van der Waals surface area contributed by atoms with Crippen molar-refractivity contribution in [2.24, 2.45) is 0 Å². The van der Waals surface area contributed by atoms with Crippen molar-refractivity contribution < 1.29 is 14.3 Å². The Kier molecular flexibility index (Phi) is 3.60. The van der Waals surface area contributed by atoms with Gasteiger partial charge >= 0.3 is 5.97 Å². The predicted molar refractivity (Wildman–Crippen MR) is 73.9 cm³/mol. The Bertz CT molecular complexity index is 504. The van der Waals surface area contributed by atoms with E-state index in [9.17, 15) is 9.59 Å². The van der Waals surface area contributed by atoms with Gasteiger partial charge in [0.1, 0.15) is 5.60 Å². The van der Waals surface area contributed by atoms with Gasteiger partial charge in [0, 0.05) is 12.2 Å². The molecule has 6 nitrogen and oxygen atoms in total. The second kappa shape index (κ2) is 4.94. The summed E-state index contributed by atoms with van der Waals surface area (Å²) in [6.45, 7) is 7.44. The molecule has 110 valence electrons. The number of hydrogen-bond acceptors (Lipinski definition) is 4. The Morgan fingerprint density at radius 2 is 2.15 bits per heavy atom. The maximum absolute atomic E-state index is 12.7. The van der Waals surface area contributed by atoms with Crippen LogP contribution >= 0.6 is 0 Å². The van der Waals surface area contributed by atoms with Gasteiger partial charge in [-0.25, -0.2) is 4.79 Å². The molecule has 1 saturated heterocycles. The largest absolute Gasteiger partial charge is 0.458 e. The summed E-state index contributed by atoms with van der Waals surface area (Å²) in [6, 6.07) is 3.27. The van der Waals surface area contributed by atoms with Crippen LogP contribution in [0, 0.1) is 0 Å². The molecule has 3 N–H and O–H groups in total. The van der Waals surface area contributed by atoms with E-state index in [1.54, 1.807) is 39.1 Å². The summed E-state index contributed by atoms with van der Waals surface area (Å²) in [5.74, 6) is -0.705. The minimum absolute atomic E-state index is 0.187. The second-order valence-corrected chi connectivity index (χ2v) is 6.04. The molecule has 1 amide bonds. The zero-order valence-corrected chi connectivity index (χ0v) is 12.2. The third-order valence-corrected chi connectivity index (χ3v) is 3.30. The number of rotatable bonds is 2. The van der Waals surface area contributed by atoms with Crippen LogP contribution in [-0.2, 0) is 19.9 Å². The fourth-order valence-electron chi connectivity index (χ4n) is 2.34. The van der Waals surface area contributed by atoms with Crippen molar-refractivity contribution >= 4 is 11.9 Å². The highest BCUT2D eigenvalue weighted by molar-refractivity contribution is 5.92. The van der Waals surface area contributed by atoms with E-state index < -0.39 is 17.1 Å². The van der Waals surface area contributed by atoms with E-state index in [0.29, 0.717) is 5.69 Å². The van der Waals surface area contributed by atoms with Crippen molar-refractivity contribution in [3.63, 3.8) is 0 Å². The number of carbonyl (C=O) groups excluding carboxylic acids is 2. The average molecular weight is 279 g/mol. The lowest BCUT2D eigenvalue weighted by molar-refractivity contribution is -0.168. The molecular weight excluding hydrogens is 258 g/mol. The van der Waals surface area contributed by atoms with E-state index in [2.05, 4.69) is 15.6 Å². The lowest BCUT2D eigenvalue weighted by Gasteiger charge is -2.42. The monoisotopic (exact) mass is 279 g/mol. The van der Waals surface area contributed by atoms with Gasteiger partial charge in [-0.05, 0) is 39.8 Å². The zero-order valence-electron chi connectivity index (χ0n) is 12.2. The number of aromatic nitrogens is 1. The van der Waals surface area contributed by atoms with Crippen molar-refractivity contribution in [2.75, 3.05) is 6.54 Å². The summed E-state index contributed by atoms with van der Waals surface area (Å²) < 4.78 is 5.51. The summed E-state index contributed by atoms with van der Waals surface area (Å²) in [5, 5.41) is 5.84. The molecule has 0 saturated carbocycles. The summed E-state index contributed by atoms with van der Waals surface area (Å²) >= 11 is 0. The summed E-state index contributed by atoms with van der Waals surface area (Å²) in [6.07, 6.45) is 1.72. The van der Waals surface area contributed by atoms with Crippen molar-refractivity contribution in [1.82, 2.24) is 15.6 Å². The number of amides is 1. The fourth-order valence-corrected chi connectivity index (χ4v) is 2.34. The third kappa shape index (κ3) is 2.56. The van der Waals surface area contributed by atoms with E-state index >= 15 is 0 Å². The van der Waals surface area contributed by atoms with Gasteiger partial charge in [-0.1, -0.05) is 0 Å². The van der Waals surface area contributed by atoms with Crippen LogP contribution in [0.3, 0.4) is 0 Å². The number of hydrogen-bond donors (Lipinski definition) is 3. The van der Waals surface area contributed by atoms with Crippen molar-refractivity contribution in [2.45, 2.75) is 44.9 Å². The number of esters is 1. The third-order valence-electron chi connectivity index (χ3n) is 3.30. The number of nitrogens with one attached hydrogen (secondary N) is 3. The molecule has 0 aromatic carbocycles. The first kappa shape index (κ1) is 14.6. The number of ether oxygens (including phenoxy) is 1. The van der Waals surface area contributed by atoms with Gasteiger partial charge < -0.3 is 20.4 Å². The van der Waals surface area contributed by atoms with Gasteiger partial charge in [0.2, 0.25) is 5.91 Å². The molecule has 0 bridgehead atoms. The summed E-state index contributed by atoms with van der Waals surface area (Å²) in [4.78, 5) is 27.5. The predicted octanol–water partition coefficient (Wildman–Crippen LogP) is 0.660.